The van der Waals surface area contributed by atoms with E-state index >= 15 is 0 Å². The average molecular weight is 253 g/mol. The number of hydrogen-bond donors (Lipinski definition) is 1. The van der Waals surface area contributed by atoms with Crippen LogP contribution in [0, 0.1) is 35.6 Å². The van der Waals surface area contributed by atoms with Crippen LogP contribution < -0.4 is 0 Å². The van der Waals surface area contributed by atoms with E-state index in [0.717, 1.165) is 0 Å². The van der Waals surface area contributed by atoms with Gasteiger partial charge in [0.05, 0.1) is 0 Å². The minimum Gasteiger partial charge on any atom is -0.284 e. The molecule has 6 heteroatoms. The van der Waals surface area contributed by atoms with Gasteiger partial charge in [-0.05, 0) is 0 Å². The Labute approximate surface area is 68.6 Å². The fraction of sp³-hybridized carbons (Fsp3) is 1.00. The van der Waals surface area contributed by atoms with E-state index in [1.807, 2.05) is 0 Å². The van der Waals surface area contributed by atoms with E-state index in [2.05, 4.69) is 0 Å². The Bertz CT molecular complexity index is 117. The molecule has 0 unspecified atom stereocenters. The zero-order valence-electron chi connectivity index (χ0n) is 3.33. The summed E-state index contributed by atoms with van der Waals surface area (Å²) in [7, 11) is -4.33. The number of halogens is 1. The second kappa shape index (κ2) is 3.97. The summed E-state index contributed by atoms with van der Waals surface area (Å²) in [5.74, 6) is 0. The van der Waals surface area contributed by atoms with Crippen molar-refractivity contribution < 1.29 is 53.0 Å². The molecule has 0 fully saturated rings. The van der Waals surface area contributed by atoms with Crippen LogP contribution in [0.15, 0.2) is 0 Å². The fourth-order valence-electron chi connectivity index (χ4n) is 0. The third-order valence-corrected chi connectivity index (χ3v) is 0.414. The van der Waals surface area contributed by atoms with Crippen LogP contribution in [-0.2, 0) is 10.1 Å². The van der Waals surface area contributed by atoms with Crippen molar-refractivity contribution in [1.29, 1.82) is 0 Å². The Morgan fingerprint density at radius 2 is 1.71 bits per heavy atom. The maximum atomic E-state index is 10.7. The first-order valence-electron chi connectivity index (χ1n) is 1.07. The summed E-state index contributed by atoms with van der Waals surface area (Å²) in [6, 6.07) is -1.70. The quantitative estimate of drug-likeness (QED) is 0.658. The van der Waals surface area contributed by atoms with Crippen LogP contribution in [0.1, 0.15) is 0 Å². The molecule has 0 saturated carbocycles. The summed E-state index contributed by atoms with van der Waals surface area (Å²) in [5, 5.41) is 0. The molecule has 0 aliphatic heterocycles. The molecule has 41 valence electrons. The van der Waals surface area contributed by atoms with E-state index in [9.17, 15) is 12.8 Å². The van der Waals surface area contributed by atoms with Crippen molar-refractivity contribution in [1.82, 2.24) is 0 Å². The minimum atomic E-state index is -4.33. The van der Waals surface area contributed by atoms with E-state index in [0.29, 0.717) is 0 Å². The third kappa shape index (κ3) is 11.0. The molecule has 0 amide bonds. The molecule has 0 saturated heterocycles. The maximum Gasteiger partial charge on any atom is 0.294 e. The van der Waals surface area contributed by atoms with Crippen LogP contribution in [0.4, 0.5) is 4.39 Å². The predicted octanol–water partition coefficient (Wildman–Crippen LogP) is -0.199. The summed E-state index contributed by atoms with van der Waals surface area (Å²) in [4.78, 5) is 0. The zero-order valence-corrected chi connectivity index (χ0v) is 7.78. The Balaban J connectivity index is 0. The van der Waals surface area contributed by atoms with Crippen molar-refractivity contribution in [3.8, 4) is 0 Å². The van der Waals surface area contributed by atoms with Crippen LogP contribution in [0.5, 0.6) is 0 Å². The number of rotatable bonds is 1. The second-order valence-corrected chi connectivity index (χ2v) is 2.07. The number of alkyl halides is 1. The molecule has 1 N–H and O–H groups in total. The standard InChI is InChI=1S/CH3FO3S.La/c2-1-6(3,4)5;/h1H2,(H,3,4,5);. The predicted molar refractivity (Wildman–Crippen MR) is 17.5 cm³/mol. The second-order valence-electron chi connectivity index (χ2n) is 0.691. The minimum absolute atomic E-state index is 0. The van der Waals surface area contributed by atoms with E-state index in [1.165, 1.54) is 0 Å². The van der Waals surface area contributed by atoms with Gasteiger partial charge in [-0.2, -0.15) is 8.42 Å². The molecule has 0 aromatic heterocycles. The molecule has 0 atom stereocenters. The summed E-state index contributed by atoms with van der Waals surface area (Å²) in [6.07, 6.45) is 0. The molecule has 0 rings (SSSR count). The van der Waals surface area contributed by atoms with Crippen molar-refractivity contribution >= 4 is 10.1 Å². The van der Waals surface area contributed by atoms with Crippen LogP contribution in [0.3, 0.4) is 0 Å². The van der Waals surface area contributed by atoms with E-state index in [4.69, 9.17) is 4.55 Å². The zero-order chi connectivity index (χ0) is 5.21. The molecule has 7 heavy (non-hydrogen) atoms. The fourth-order valence-corrected chi connectivity index (χ4v) is 0. The smallest absolute Gasteiger partial charge is 0.284 e. The van der Waals surface area contributed by atoms with Gasteiger partial charge in [-0.1, -0.05) is 0 Å². The van der Waals surface area contributed by atoms with Gasteiger partial charge in [0.25, 0.3) is 10.1 Å². The largest absolute Gasteiger partial charge is 0.294 e. The van der Waals surface area contributed by atoms with Gasteiger partial charge in [0.2, 0.25) is 6.01 Å². The van der Waals surface area contributed by atoms with Crippen LogP contribution >= 0.6 is 0 Å². The van der Waals surface area contributed by atoms with Crippen LogP contribution in [0.25, 0.3) is 0 Å². The van der Waals surface area contributed by atoms with Crippen molar-refractivity contribution in [3.63, 3.8) is 0 Å². The first-order chi connectivity index (χ1) is 2.56. The topological polar surface area (TPSA) is 54.4 Å². The first kappa shape index (κ1) is 10.9. The summed E-state index contributed by atoms with van der Waals surface area (Å²) in [5.41, 5.74) is 0. The van der Waals surface area contributed by atoms with Gasteiger partial charge in [-0.25, -0.2) is 4.39 Å². The van der Waals surface area contributed by atoms with Gasteiger partial charge in [-0.3, -0.25) is 4.55 Å². The van der Waals surface area contributed by atoms with E-state index in [-0.39, 0.29) is 35.6 Å². The van der Waals surface area contributed by atoms with Crippen molar-refractivity contribution in [2.75, 3.05) is 6.01 Å². The number of hydrogen-bond acceptors (Lipinski definition) is 2. The Morgan fingerprint density at radius 1 is 1.57 bits per heavy atom. The summed E-state index contributed by atoms with van der Waals surface area (Å²) in [6.45, 7) is 0. The molecule has 0 spiro atoms. The Kier molecular flexibility index (Phi) is 6.19. The van der Waals surface area contributed by atoms with Crippen LogP contribution in [0.2, 0.25) is 0 Å². The molecule has 0 aromatic carbocycles. The van der Waals surface area contributed by atoms with Crippen molar-refractivity contribution in [3.05, 3.63) is 0 Å². The molecule has 0 aromatic rings. The Hall–Kier alpha value is 1.03. The van der Waals surface area contributed by atoms with Gasteiger partial charge in [0.1, 0.15) is 0 Å². The molecule has 0 heterocycles. The molecule has 1 radical (unpaired) electrons. The molecule has 0 aliphatic carbocycles. The average Bonchev–Trinajstić information content (AvgIpc) is 1.35. The third-order valence-electron chi connectivity index (χ3n) is 0.138. The van der Waals surface area contributed by atoms with Gasteiger partial charge < -0.3 is 0 Å². The van der Waals surface area contributed by atoms with Gasteiger partial charge in [0, 0.05) is 35.6 Å². The molecule has 3 nitrogen and oxygen atoms in total. The normalized spacial score (nSPS) is 10.0. The van der Waals surface area contributed by atoms with E-state index < -0.39 is 16.1 Å². The molecular weight excluding hydrogens is 250 g/mol. The molecular formula is CH3FLaO3S. The van der Waals surface area contributed by atoms with Gasteiger partial charge >= 0.3 is 0 Å². The molecule has 0 aliphatic rings. The van der Waals surface area contributed by atoms with Crippen LogP contribution in [-0.4, -0.2) is 19.0 Å². The summed E-state index contributed by atoms with van der Waals surface area (Å²) >= 11 is 0. The monoisotopic (exact) mass is 253 g/mol. The summed E-state index contributed by atoms with van der Waals surface area (Å²) < 4.78 is 36.4. The van der Waals surface area contributed by atoms with Crippen molar-refractivity contribution in [2.24, 2.45) is 0 Å². The van der Waals surface area contributed by atoms with Gasteiger partial charge in [0.15, 0.2) is 0 Å². The van der Waals surface area contributed by atoms with Crippen molar-refractivity contribution in [2.45, 2.75) is 0 Å². The SMILES string of the molecule is O=S(=O)(O)CF.[La]. The maximum absolute atomic E-state index is 10.7. The van der Waals surface area contributed by atoms with E-state index in [1.54, 1.807) is 0 Å². The van der Waals surface area contributed by atoms with Gasteiger partial charge in [-0.15, -0.1) is 0 Å². The molecule has 0 bridgehead atoms. The first-order valence-corrected chi connectivity index (χ1v) is 2.68. The Morgan fingerprint density at radius 3 is 1.71 bits per heavy atom.